The van der Waals surface area contributed by atoms with Crippen molar-refractivity contribution < 1.29 is 8.42 Å². The first-order chi connectivity index (χ1) is 10.1. The molecule has 1 aromatic heterocycles. The van der Waals surface area contributed by atoms with Crippen LogP contribution in [0.3, 0.4) is 0 Å². The normalized spacial score (nSPS) is 28.0. The van der Waals surface area contributed by atoms with Gasteiger partial charge in [0.2, 0.25) is 0 Å². The summed E-state index contributed by atoms with van der Waals surface area (Å²) in [5.74, 6) is 0. The number of imidazole rings is 1. The van der Waals surface area contributed by atoms with E-state index in [2.05, 4.69) is 10.3 Å². The van der Waals surface area contributed by atoms with Crippen LogP contribution < -0.4 is 5.32 Å². The van der Waals surface area contributed by atoms with E-state index in [0.29, 0.717) is 13.1 Å². The molecule has 0 radical (unpaired) electrons. The lowest BCUT2D eigenvalue weighted by atomic mass is 9.75. The van der Waals surface area contributed by atoms with Gasteiger partial charge in [-0.1, -0.05) is 0 Å². The van der Waals surface area contributed by atoms with Gasteiger partial charge in [-0.05, 0) is 44.6 Å². The zero-order valence-corrected chi connectivity index (χ0v) is 13.4. The summed E-state index contributed by atoms with van der Waals surface area (Å²) in [7, 11) is -3.45. The zero-order valence-electron chi connectivity index (χ0n) is 12.6. The summed E-state index contributed by atoms with van der Waals surface area (Å²) < 4.78 is 29.0. The Bertz CT molecular complexity index is 584. The van der Waals surface area contributed by atoms with Crippen LogP contribution in [0, 0.1) is 5.41 Å². The summed E-state index contributed by atoms with van der Waals surface area (Å²) in [6, 6.07) is 0. The van der Waals surface area contributed by atoms with Crippen molar-refractivity contribution in [3.8, 4) is 0 Å². The fourth-order valence-corrected chi connectivity index (χ4v) is 5.05. The van der Waals surface area contributed by atoms with Crippen LogP contribution in [-0.4, -0.2) is 48.5 Å². The van der Waals surface area contributed by atoms with Crippen LogP contribution >= 0.6 is 0 Å². The van der Waals surface area contributed by atoms with E-state index in [4.69, 9.17) is 0 Å². The van der Waals surface area contributed by atoms with Gasteiger partial charge in [-0.2, -0.15) is 4.31 Å². The fraction of sp³-hybridized carbons (Fsp3) is 0.786. The Morgan fingerprint density at radius 2 is 2.19 bits per heavy atom. The number of nitrogens with zero attached hydrogens (tertiary/aromatic N) is 3. The van der Waals surface area contributed by atoms with Gasteiger partial charge in [0.25, 0.3) is 10.0 Å². The van der Waals surface area contributed by atoms with Crippen molar-refractivity contribution in [3.63, 3.8) is 0 Å². The molecule has 2 aliphatic rings. The lowest BCUT2D eigenvalue weighted by molar-refractivity contribution is 0.110. The first-order valence-electron chi connectivity index (χ1n) is 7.78. The van der Waals surface area contributed by atoms with Gasteiger partial charge in [-0.3, -0.25) is 0 Å². The van der Waals surface area contributed by atoms with Gasteiger partial charge in [0.1, 0.15) is 0 Å². The quantitative estimate of drug-likeness (QED) is 0.906. The molecule has 0 aromatic carbocycles. The molecule has 0 bridgehead atoms. The maximum absolute atomic E-state index is 12.8. The standard InChI is InChI=1S/C14H24N4O2S/c1-2-17-9-13(16-12-17)21(19,20)18-8-4-6-14(11-18)5-3-7-15-10-14/h9,12,15H,2-8,10-11H2,1H3. The van der Waals surface area contributed by atoms with E-state index in [1.807, 2.05) is 6.92 Å². The second-order valence-electron chi connectivity index (χ2n) is 6.26. The zero-order chi connectivity index (χ0) is 14.9. The van der Waals surface area contributed by atoms with Crippen LogP contribution in [0.5, 0.6) is 0 Å². The Balaban J connectivity index is 1.81. The molecule has 1 atom stereocenters. The molecule has 0 amide bonds. The van der Waals surface area contributed by atoms with Crippen molar-refractivity contribution in [1.29, 1.82) is 0 Å². The number of piperidine rings is 2. The van der Waals surface area contributed by atoms with Crippen LogP contribution in [0.2, 0.25) is 0 Å². The number of aryl methyl sites for hydroxylation is 1. The number of nitrogens with one attached hydrogen (secondary N) is 1. The predicted molar refractivity (Wildman–Crippen MR) is 80.4 cm³/mol. The summed E-state index contributed by atoms with van der Waals surface area (Å²) in [6.07, 6.45) is 7.54. The molecule has 2 fully saturated rings. The van der Waals surface area contributed by atoms with Crippen LogP contribution in [-0.2, 0) is 16.6 Å². The van der Waals surface area contributed by atoms with Gasteiger partial charge in [0.05, 0.1) is 6.33 Å². The fourth-order valence-electron chi connectivity index (χ4n) is 3.52. The van der Waals surface area contributed by atoms with Crippen LogP contribution in [0.15, 0.2) is 17.6 Å². The smallest absolute Gasteiger partial charge is 0.262 e. The molecule has 7 heteroatoms. The van der Waals surface area contributed by atoms with E-state index in [1.165, 1.54) is 0 Å². The first-order valence-corrected chi connectivity index (χ1v) is 9.22. The summed E-state index contributed by atoms with van der Waals surface area (Å²) in [5, 5.41) is 3.61. The van der Waals surface area contributed by atoms with Crippen LogP contribution in [0.4, 0.5) is 0 Å². The molecule has 1 aromatic rings. The summed E-state index contributed by atoms with van der Waals surface area (Å²) in [5.41, 5.74) is 0.122. The largest absolute Gasteiger partial charge is 0.336 e. The SMILES string of the molecule is CCn1cnc(S(=O)(=O)N2CCCC3(CCCNC3)C2)c1. The molecule has 21 heavy (non-hydrogen) atoms. The highest BCUT2D eigenvalue weighted by Crippen LogP contribution is 2.37. The van der Waals surface area contributed by atoms with Crippen molar-refractivity contribution in [2.75, 3.05) is 26.2 Å². The van der Waals surface area contributed by atoms with Gasteiger partial charge in [0, 0.05) is 32.4 Å². The predicted octanol–water partition coefficient (Wildman–Crippen LogP) is 1.06. The van der Waals surface area contributed by atoms with E-state index in [0.717, 1.165) is 45.3 Å². The lowest BCUT2D eigenvalue weighted by Crippen LogP contribution is -2.52. The average Bonchev–Trinajstić information content (AvgIpc) is 2.98. The Hall–Kier alpha value is -0.920. The third kappa shape index (κ3) is 2.86. The lowest BCUT2D eigenvalue weighted by Gasteiger charge is -2.44. The highest BCUT2D eigenvalue weighted by molar-refractivity contribution is 7.89. The Morgan fingerprint density at radius 1 is 1.38 bits per heavy atom. The van der Waals surface area contributed by atoms with Gasteiger partial charge in [-0.25, -0.2) is 13.4 Å². The minimum atomic E-state index is -3.45. The van der Waals surface area contributed by atoms with Crippen LogP contribution in [0.1, 0.15) is 32.6 Å². The Labute approximate surface area is 126 Å². The monoisotopic (exact) mass is 312 g/mol. The molecular formula is C14H24N4O2S. The van der Waals surface area contributed by atoms with Gasteiger partial charge in [0.15, 0.2) is 5.03 Å². The Morgan fingerprint density at radius 3 is 2.86 bits per heavy atom. The van der Waals surface area contributed by atoms with Crippen molar-refractivity contribution in [1.82, 2.24) is 19.2 Å². The topological polar surface area (TPSA) is 67.2 Å². The molecule has 0 aliphatic carbocycles. The van der Waals surface area contributed by atoms with Gasteiger partial charge in [-0.15, -0.1) is 0 Å². The van der Waals surface area contributed by atoms with Crippen molar-refractivity contribution in [2.45, 2.75) is 44.2 Å². The molecule has 1 N–H and O–H groups in total. The molecule has 2 saturated heterocycles. The molecular weight excluding hydrogens is 288 g/mol. The number of hydrogen-bond donors (Lipinski definition) is 1. The molecule has 0 saturated carbocycles. The summed E-state index contributed by atoms with van der Waals surface area (Å²) in [6.45, 7) is 5.93. The number of sulfonamides is 1. The molecule has 2 aliphatic heterocycles. The maximum atomic E-state index is 12.8. The maximum Gasteiger partial charge on any atom is 0.262 e. The van der Waals surface area contributed by atoms with Crippen molar-refractivity contribution in [3.05, 3.63) is 12.5 Å². The minimum Gasteiger partial charge on any atom is -0.336 e. The Kier molecular flexibility index (Phi) is 4.07. The highest BCUT2D eigenvalue weighted by Gasteiger charge is 2.41. The number of hydrogen-bond acceptors (Lipinski definition) is 4. The second-order valence-corrected chi connectivity index (χ2v) is 8.15. The summed E-state index contributed by atoms with van der Waals surface area (Å²) >= 11 is 0. The first kappa shape index (κ1) is 15.0. The van der Waals surface area contributed by atoms with E-state index >= 15 is 0 Å². The van der Waals surface area contributed by atoms with E-state index < -0.39 is 10.0 Å². The molecule has 3 heterocycles. The van der Waals surface area contributed by atoms with E-state index in [9.17, 15) is 8.42 Å². The molecule has 1 unspecified atom stereocenters. The molecule has 1 spiro atoms. The summed E-state index contributed by atoms with van der Waals surface area (Å²) in [4.78, 5) is 4.09. The molecule has 3 rings (SSSR count). The van der Waals surface area contributed by atoms with Crippen molar-refractivity contribution >= 4 is 10.0 Å². The van der Waals surface area contributed by atoms with Gasteiger partial charge >= 0.3 is 0 Å². The highest BCUT2D eigenvalue weighted by atomic mass is 32.2. The van der Waals surface area contributed by atoms with Gasteiger partial charge < -0.3 is 9.88 Å². The van der Waals surface area contributed by atoms with E-state index in [1.54, 1.807) is 21.4 Å². The minimum absolute atomic E-state index is 0.122. The van der Waals surface area contributed by atoms with Crippen LogP contribution in [0.25, 0.3) is 0 Å². The van der Waals surface area contributed by atoms with E-state index in [-0.39, 0.29) is 10.4 Å². The average molecular weight is 312 g/mol. The molecule has 118 valence electrons. The molecule has 6 nitrogen and oxygen atoms in total. The third-order valence-electron chi connectivity index (χ3n) is 4.77. The third-order valence-corrected chi connectivity index (χ3v) is 6.50. The number of rotatable bonds is 3. The number of aromatic nitrogens is 2. The van der Waals surface area contributed by atoms with Crippen molar-refractivity contribution in [2.24, 2.45) is 5.41 Å². The second kappa shape index (κ2) is 5.70.